The van der Waals surface area contributed by atoms with Crippen molar-refractivity contribution in [2.24, 2.45) is 0 Å². The number of nitrogens with one attached hydrogen (secondary N) is 1. The zero-order valence-electron chi connectivity index (χ0n) is 13.6. The highest BCUT2D eigenvalue weighted by atomic mass is 32.2. The lowest BCUT2D eigenvalue weighted by molar-refractivity contribution is -0.348. The number of amides is 1. The molecule has 0 spiro atoms. The molecular weight excluding hydrogens is 416 g/mol. The SMILES string of the molecule is C=C(F)C(=O)OC(OCCC(F)(F)S(=O)(=O)[O-])(C(=O)NCCC)C(F)(F)F. The van der Waals surface area contributed by atoms with E-state index in [0.717, 1.165) is 0 Å². The molecule has 0 aliphatic heterocycles. The maximum Gasteiger partial charge on any atom is 0.466 e. The average Bonchev–Trinajstić information content (AvgIpc) is 2.48. The highest BCUT2D eigenvalue weighted by molar-refractivity contribution is 7.86. The van der Waals surface area contributed by atoms with Gasteiger partial charge < -0.3 is 19.3 Å². The van der Waals surface area contributed by atoms with Crippen LogP contribution in [-0.4, -0.2) is 55.2 Å². The number of carbonyl (C=O) groups excluding carboxylic acids is 2. The number of carbonyl (C=O) groups is 2. The predicted octanol–water partition coefficient (Wildman–Crippen LogP) is 1.34. The van der Waals surface area contributed by atoms with Crippen molar-refractivity contribution in [2.45, 2.75) is 37.0 Å². The first-order valence-electron chi connectivity index (χ1n) is 6.92. The van der Waals surface area contributed by atoms with E-state index in [1.165, 1.54) is 6.92 Å². The van der Waals surface area contributed by atoms with Crippen molar-refractivity contribution < 1.29 is 58.4 Å². The fraction of sp³-hybridized carbons (Fsp3) is 0.667. The Morgan fingerprint density at radius 3 is 2.07 bits per heavy atom. The summed E-state index contributed by atoms with van der Waals surface area (Å²) in [6.45, 7) is 1.50. The number of rotatable bonds is 10. The van der Waals surface area contributed by atoms with Crippen LogP contribution in [0.3, 0.4) is 0 Å². The Bertz CT molecular complexity index is 678. The molecule has 1 atom stereocenters. The molecule has 0 rings (SSSR count). The fourth-order valence-electron chi connectivity index (χ4n) is 1.39. The van der Waals surface area contributed by atoms with Crippen LogP contribution in [0.4, 0.5) is 26.3 Å². The van der Waals surface area contributed by atoms with E-state index in [1.54, 1.807) is 5.32 Å². The largest absolute Gasteiger partial charge is 0.743 e. The normalized spacial score (nSPS) is 15.0. The minimum atomic E-state index is -6.25. The maximum atomic E-state index is 13.3. The van der Waals surface area contributed by atoms with Crippen molar-refractivity contribution in [3.8, 4) is 0 Å². The van der Waals surface area contributed by atoms with Gasteiger partial charge in [0.05, 0.1) is 6.61 Å². The Balaban J connectivity index is 5.82. The zero-order valence-corrected chi connectivity index (χ0v) is 14.4. The Kier molecular flexibility index (Phi) is 8.26. The fourth-order valence-corrected chi connectivity index (χ4v) is 1.72. The summed E-state index contributed by atoms with van der Waals surface area (Å²) in [7, 11) is -6.25. The van der Waals surface area contributed by atoms with Gasteiger partial charge in [-0.1, -0.05) is 13.5 Å². The lowest BCUT2D eigenvalue weighted by Gasteiger charge is -2.33. The molecule has 8 nitrogen and oxygen atoms in total. The highest BCUT2D eigenvalue weighted by Gasteiger charge is 2.66. The zero-order chi connectivity index (χ0) is 21.7. The summed E-state index contributed by atoms with van der Waals surface area (Å²) >= 11 is 0. The Morgan fingerprint density at radius 1 is 1.19 bits per heavy atom. The quantitative estimate of drug-likeness (QED) is 0.183. The highest BCUT2D eigenvalue weighted by Crippen LogP contribution is 2.37. The molecule has 0 radical (unpaired) electrons. The molecular formula is C12H14F6NO7S-. The second kappa shape index (κ2) is 8.88. The summed E-state index contributed by atoms with van der Waals surface area (Å²) in [4.78, 5) is 23.0. The first-order valence-corrected chi connectivity index (χ1v) is 8.32. The number of alkyl halides is 5. The van der Waals surface area contributed by atoms with Crippen LogP contribution in [0.2, 0.25) is 0 Å². The Hall–Kier alpha value is -1.87. The van der Waals surface area contributed by atoms with Crippen LogP contribution >= 0.6 is 0 Å². The minimum Gasteiger partial charge on any atom is -0.743 e. The molecule has 0 aliphatic rings. The van der Waals surface area contributed by atoms with E-state index in [0.29, 0.717) is 0 Å². The van der Waals surface area contributed by atoms with Gasteiger partial charge in [-0.2, -0.15) is 26.3 Å². The van der Waals surface area contributed by atoms with Gasteiger partial charge in [-0.15, -0.1) is 0 Å². The van der Waals surface area contributed by atoms with E-state index in [2.05, 4.69) is 16.1 Å². The van der Waals surface area contributed by atoms with Crippen molar-refractivity contribution in [3.05, 3.63) is 12.4 Å². The van der Waals surface area contributed by atoms with E-state index in [9.17, 15) is 48.9 Å². The molecule has 0 aromatic heterocycles. The van der Waals surface area contributed by atoms with Gasteiger partial charge in [0.2, 0.25) is 5.83 Å². The molecule has 0 saturated heterocycles. The molecule has 0 fully saturated rings. The van der Waals surface area contributed by atoms with Gasteiger partial charge in [0, 0.05) is 13.0 Å². The summed E-state index contributed by atoms with van der Waals surface area (Å²) in [5, 5.41) is -3.42. The van der Waals surface area contributed by atoms with E-state index in [-0.39, 0.29) is 6.42 Å². The molecule has 0 aromatic carbocycles. The van der Waals surface area contributed by atoms with Gasteiger partial charge in [-0.3, -0.25) is 4.79 Å². The number of ether oxygens (including phenoxy) is 2. The standard InChI is InChI=1S/C12H15F6NO7S/c1-3-5-19-9(21)11(12(16,17)18,26-8(20)7(2)13)25-6-4-10(14,15)27(22,23)24/h2-6H2,1H3,(H,19,21)(H,22,23,24)/p-1. The summed E-state index contributed by atoms with van der Waals surface area (Å²) in [6, 6.07) is 0. The molecule has 158 valence electrons. The smallest absolute Gasteiger partial charge is 0.466 e. The van der Waals surface area contributed by atoms with Crippen LogP contribution in [0.15, 0.2) is 12.4 Å². The van der Waals surface area contributed by atoms with E-state index in [4.69, 9.17) is 0 Å². The molecule has 0 saturated carbocycles. The van der Waals surface area contributed by atoms with Gasteiger partial charge in [0.1, 0.15) is 0 Å². The third kappa shape index (κ3) is 6.35. The van der Waals surface area contributed by atoms with Gasteiger partial charge in [-0.25, -0.2) is 13.2 Å². The third-order valence-corrected chi connectivity index (χ3v) is 3.67. The summed E-state index contributed by atoms with van der Waals surface area (Å²) in [6.07, 6.45) is -7.91. The second-order valence-electron chi connectivity index (χ2n) is 4.85. The van der Waals surface area contributed by atoms with E-state index < -0.39 is 64.6 Å². The van der Waals surface area contributed by atoms with Crippen LogP contribution in [0, 0.1) is 0 Å². The van der Waals surface area contributed by atoms with Crippen molar-refractivity contribution in [1.29, 1.82) is 0 Å². The molecule has 0 heterocycles. The minimum absolute atomic E-state index is 0.0932. The monoisotopic (exact) mass is 430 g/mol. The number of hydrogen-bond donors (Lipinski definition) is 1. The second-order valence-corrected chi connectivity index (χ2v) is 6.36. The molecule has 1 unspecified atom stereocenters. The predicted molar refractivity (Wildman–Crippen MR) is 73.6 cm³/mol. The topological polar surface area (TPSA) is 122 Å². The molecule has 1 amide bonds. The van der Waals surface area contributed by atoms with Crippen LogP contribution in [-0.2, 0) is 29.2 Å². The number of hydrogen-bond acceptors (Lipinski definition) is 7. The van der Waals surface area contributed by atoms with Crippen molar-refractivity contribution in [1.82, 2.24) is 5.32 Å². The maximum absolute atomic E-state index is 13.3. The third-order valence-electron chi connectivity index (χ3n) is 2.73. The van der Waals surface area contributed by atoms with E-state index in [1.807, 2.05) is 0 Å². The van der Waals surface area contributed by atoms with Crippen LogP contribution in [0.1, 0.15) is 19.8 Å². The summed E-state index contributed by atoms with van der Waals surface area (Å²) < 4.78 is 118. The molecule has 0 aromatic rings. The van der Waals surface area contributed by atoms with Crippen molar-refractivity contribution in [2.75, 3.05) is 13.2 Å². The van der Waals surface area contributed by atoms with Crippen LogP contribution in [0.25, 0.3) is 0 Å². The van der Waals surface area contributed by atoms with Crippen LogP contribution < -0.4 is 5.32 Å². The number of halogens is 6. The molecule has 0 aliphatic carbocycles. The summed E-state index contributed by atoms with van der Waals surface area (Å²) in [5.41, 5.74) is 0. The van der Waals surface area contributed by atoms with Crippen LogP contribution in [0.5, 0.6) is 0 Å². The Labute approximate surface area is 149 Å². The molecule has 27 heavy (non-hydrogen) atoms. The summed E-state index contributed by atoms with van der Waals surface area (Å²) in [5.74, 6) is -11.2. The molecule has 0 bridgehead atoms. The first kappa shape index (κ1) is 25.1. The van der Waals surface area contributed by atoms with Gasteiger partial charge in [-0.05, 0) is 6.42 Å². The van der Waals surface area contributed by atoms with Crippen molar-refractivity contribution >= 4 is 22.0 Å². The first-order chi connectivity index (χ1) is 12.0. The molecule has 1 N–H and O–H groups in total. The number of esters is 1. The van der Waals surface area contributed by atoms with Crippen molar-refractivity contribution in [3.63, 3.8) is 0 Å². The van der Waals surface area contributed by atoms with E-state index >= 15 is 0 Å². The lowest BCUT2D eigenvalue weighted by atomic mass is 10.2. The van der Waals surface area contributed by atoms with Gasteiger partial charge in [0.25, 0.3) is 0 Å². The lowest BCUT2D eigenvalue weighted by Crippen LogP contribution is -2.61. The molecule has 15 heteroatoms. The van der Waals surface area contributed by atoms with Gasteiger partial charge >= 0.3 is 29.1 Å². The van der Waals surface area contributed by atoms with Gasteiger partial charge in [0.15, 0.2) is 10.1 Å². The average molecular weight is 430 g/mol. The Morgan fingerprint density at radius 2 is 1.70 bits per heavy atom.